The van der Waals surface area contributed by atoms with Gasteiger partial charge in [-0.2, -0.15) is 18.2 Å². The minimum atomic E-state index is -4.65. The van der Waals surface area contributed by atoms with Gasteiger partial charge in [-0.15, -0.1) is 0 Å². The van der Waals surface area contributed by atoms with Crippen LogP contribution in [0.15, 0.2) is 27.6 Å². The van der Waals surface area contributed by atoms with Gasteiger partial charge in [0.25, 0.3) is 5.91 Å². The van der Waals surface area contributed by atoms with E-state index in [1.807, 2.05) is 6.92 Å². The van der Waals surface area contributed by atoms with E-state index in [4.69, 9.17) is 9.26 Å². The summed E-state index contributed by atoms with van der Waals surface area (Å²) in [7, 11) is -3.69. The van der Waals surface area contributed by atoms with Crippen molar-refractivity contribution >= 4 is 15.7 Å². The molecule has 4 rings (SSSR count). The fraction of sp³-hybridized carbons (Fsp3) is 0.550. The molecular weight excluding hydrogens is 451 g/mol. The van der Waals surface area contributed by atoms with Crippen molar-refractivity contribution in [2.24, 2.45) is 5.92 Å². The van der Waals surface area contributed by atoms with Gasteiger partial charge < -0.3 is 14.2 Å². The highest BCUT2D eigenvalue weighted by Gasteiger charge is 2.64. The second kappa shape index (κ2) is 7.46. The van der Waals surface area contributed by atoms with Crippen LogP contribution in [0.5, 0.6) is 5.75 Å². The zero-order valence-electron chi connectivity index (χ0n) is 17.6. The highest BCUT2D eigenvalue weighted by molar-refractivity contribution is 7.90. The third-order valence-corrected chi connectivity index (χ3v) is 7.13. The monoisotopic (exact) mass is 473 g/mol. The standard InChI is InChI=1S/C20H22F3N3O5S/c1-4-16-24-18(25-31-16)19-8-12(19)9-26(10-19)17(27)14-7-13(32(3,28)29)5-6-15(14)30-11(2)20(21,22)23/h5-7,11-12H,4,8-10H2,1-3H3. The first-order valence-electron chi connectivity index (χ1n) is 10.0. The van der Waals surface area contributed by atoms with Crippen LogP contribution >= 0.6 is 0 Å². The Kier molecular flexibility index (Phi) is 5.26. The number of sulfone groups is 1. The van der Waals surface area contributed by atoms with Gasteiger partial charge in [-0.1, -0.05) is 12.1 Å². The Bertz CT molecular complexity index is 1160. The van der Waals surface area contributed by atoms with Crippen LogP contribution in [0, 0.1) is 5.92 Å². The lowest BCUT2D eigenvalue weighted by Gasteiger charge is -2.24. The number of amides is 1. The molecule has 2 heterocycles. The average molecular weight is 473 g/mol. The Morgan fingerprint density at radius 2 is 2.12 bits per heavy atom. The molecule has 1 saturated carbocycles. The Morgan fingerprint density at radius 1 is 1.41 bits per heavy atom. The van der Waals surface area contributed by atoms with Crippen molar-refractivity contribution in [2.45, 2.75) is 49.3 Å². The number of carbonyl (C=O) groups is 1. The summed E-state index contributed by atoms with van der Waals surface area (Å²) < 4.78 is 73.2. The summed E-state index contributed by atoms with van der Waals surface area (Å²) >= 11 is 0. The quantitative estimate of drug-likeness (QED) is 0.636. The second-order valence-electron chi connectivity index (χ2n) is 8.34. The highest BCUT2D eigenvalue weighted by Crippen LogP contribution is 2.58. The number of piperidine rings is 1. The summed E-state index contributed by atoms with van der Waals surface area (Å²) in [5.74, 6) is 0.176. The first-order chi connectivity index (χ1) is 14.8. The summed E-state index contributed by atoms with van der Waals surface area (Å²) in [6, 6.07) is 3.28. The summed E-state index contributed by atoms with van der Waals surface area (Å²) in [5.41, 5.74) is -0.677. The van der Waals surface area contributed by atoms with E-state index < -0.39 is 33.4 Å². The minimum Gasteiger partial charge on any atom is -0.480 e. The summed E-state index contributed by atoms with van der Waals surface area (Å²) in [5, 5.41) is 4.03. The van der Waals surface area contributed by atoms with Crippen LogP contribution in [0.3, 0.4) is 0 Å². The maximum Gasteiger partial charge on any atom is 0.425 e. The summed E-state index contributed by atoms with van der Waals surface area (Å²) in [6.07, 6.45) is -4.52. The van der Waals surface area contributed by atoms with Crippen molar-refractivity contribution < 1.29 is 35.6 Å². The number of halogens is 3. The molecule has 2 fully saturated rings. The number of aryl methyl sites for hydroxylation is 1. The smallest absolute Gasteiger partial charge is 0.425 e. The lowest BCUT2D eigenvalue weighted by Crippen LogP contribution is -2.35. The molecule has 0 bridgehead atoms. The first-order valence-corrected chi connectivity index (χ1v) is 11.9. The summed E-state index contributed by atoms with van der Waals surface area (Å²) in [6.45, 7) is 3.31. The van der Waals surface area contributed by atoms with E-state index in [-0.39, 0.29) is 28.7 Å². The number of ether oxygens (including phenoxy) is 1. The van der Waals surface area contributed by atoms with E-state index in [0.717, 1.165) is 37.8 Å². The SMILES string of the molecule is CCc1nc(C23CC2CN(C(=O)c2cc(S(C)(=O)=O)ccc2OC(C)C(F)(F)F)C3)no1. The predicted molar refractivity (Wildman–Crippen MR) is 105 cm³/mol. The van der Waals surface area contributed by atoms with E-state index in [2.05, 4.69) is 10.1 Å². The van der Waals surface area contributed by atoms with E-state index in [1.54, 1.807) is 0 Å². The topological polar surface area (TPSA) is 103 Å². The van der Waals surface area contributed by atoms with Crippen molar-refractivity contribution in [3.63, 3.8) is 0 Å². The maximum atomic E-state index is 13.3. The Labute approximate surface area is 182 Å². The molecule has 1 aromatic carbocycles. The number of benzene rings is 1. The Morgan fingerprint density at radius 3 is 2.72 bits per heavy atom. The van der Waals surface area contributed by atoms with Crippen LogP contribution in [0.1, 0.15) is 42.3 Å². The maximum absolute atomic E-state index is 13.3. The van der Waals surface area contributed by atoms with Gasteiger partial charge in [0.05, 0.1) is 15.9 Å². The fourth-order valence-electron chi connectivity index (χ4n) is 4.02. The number of alkyl halides is 3. The molecule has 174 valence electrons. The van der Waals surface area contributed by atoms with Crippen molar-refractivity contribution in [2.75, 3.05) is 19.3 Å². The molecule has 32 heavy (non-hydrogen) atoms. The van der Waals surface area contributed by atoms with Gasteiger partial charge in [-0.25, -0.2) is 8.42 Å². The molecule has 1 aliphatic carbocycles. The molecule has 3 atom stereocenters. The van der Waals surface area contributed by atoms with Crippen LogP contribution in [0.4, 0.5) is 13.2 Å². The normalized spacial score (nSPS) is 23.7. The number of fused-ring (bicyclic) bond motifs is 1. The molecule has 8 nitrogen and oxygen atoms in total. The van der Waals surface area contributed by atoms with Crippen molar-refractivity contribution in [3.8, 4) is 5.75 Å². The van der Waals surface area contributed by atoms with E-state index in [0.29, 0.717) is 24.7 Å². The van der Waals surface area contributed by atoms with Crippen molar-refractivity contribution in [1.82, 2.24) is 15.0 Å². The Hall–Kier alpha value is -2.63. The zero-order valence-corrected chi connectivity index (χ0v) is 18.5. The lowest BCUT2D eigenvalue weighted by molar-refractivity contribution is -0.189. The number of rotatable bonds is 6. The van der Waals surface area contributed by atoms with Crippen LogP contribution in [0.25, 0.3) is 0 Å². The molecule has 0 spiro atoms. The molecule has 1 saturated heterocycles. The van der Waals surface area contributed by atoms with Crippen LogP contribution in [-0.2, 0) is 21.7 Å². The second-order valence-corrected chi connectivity index (χ2v) is 10.4. The van der Waals surface area contributed by atoms with Crippen molar-refractivity contribution in [3.05, 3.63) is 35.5 Å². The number of aromatic nitrogens is 2. The van der Waals surface area contributed by atoms with E-state index in [1.165, 1.54) is 4.90 Å². The number of hydrogen-bond acceptors (Lipinski definition) is 7. The third-order valence-electron chi connectivity index (χ3n) is 6.02. The molecule has 0 N–H and O–H groups in total. The first kappa shape index (κ1) is 22.6. The van der Waals surface area contributed by atoms with Gasteiger partial charge in [0, 0.05) is 25.8 Å². The molecular formula is C20H22F3N3O5S. The lowest BCUT2D eigenvalue weighted by atomic mass is 10.1. The van der Waals surface area contributed by atoms with Gasteiger partial charge in [-0.05, 0) is 37.5 Å². The number of nitrogens with zero attached hydrogens (tertiary/aromatic N) is 3. The number of likely N-dealkylation sites (tertiary alicyclic amines) is 1. The third kappa shape index (κ3) is 3.96. The van der Waals surface area contributed by atoms with Gasteiger partial charge in [0.15, 0.2) is 21.8 Å². The average Bonchev–Trinajstić information content (AvgIpc) is 3.06. The molecule has 2 aromatic rings. The van der Waals surface area contributed by atoms with E-state index >= 15 is 0 Å². The highest BCUT2D eigenvalue weighted by atomic mass is 32.2. The largest absolute Gasteiger partial charge is 0.480 e. The predicted octanol–water partition coefficient (Wildman–Crippen LogP) is 2.78. The fourth-order valence-corrected chi connectivity index (χ4v) is 4.67. The van der Waals surface area contributed by atoms with Gasteiger partial charge in [0.2, 0.25) is 5.89 Å². The molecule has 3 unspecified atom stereocenters. The number of hydrogen-bond donors (Lipinski definition) is 0. The van der Waals surface area contributed by atoms with Gasteiger partial charge >= 0.3 is 6.18 Å². The molecule has 2 aliphatic rings. The van der Waals surface area contributed by atoms with Crippen LogP contribution in [0.2, 0.25) is 0 Å². The van der Waals surface area contributed by atoms with E-state index in [9.17, 15) is 26.4 Å². The van der Waals surface area contributed by atoms with Gasteiger partial charge in [-0.3, -0.25) is 4.79 Å². The van der Waals surface area contributed by atoms with Crippen LogP contribution < -0.4 is 4.74 Å². The minimum absolute atomic E-state index is 0.102. The zero-order chi connectivity index (χ0) is 23.5. The van der Waals surface area contributed by atoms with Gasteiger partial charge in [0.1, 0.15) is 5.75 Å². The van der Waals surface area contributed by atoms with Crippen molar-refractivity contribution in [1.29, 1.82) is 0 Å². The van der Waals surface area contributed by atoms with Crippen LogP contribution in [-0.4, -0.2) is 61.0 Å². The Balaban J connectivity index is 1.64. The molecule has 1 aliphatic heterocycles. The number of carbonyl (C=O) groups excluding carboxylic acids is 1. The molecule has 12 heteroatoms. The molecule has 0 radical (unpaired) electrons. The molecule has 1 aromatic heterocycles. The molecule has 1 amide bonds. The summed E-state index contributed by atoms with van der Waals surface area (Å²) in [4.78, 5) is 19.0.